The third-order valence-corrected chi connectivity index (χ3v) is 6.66. The molecule has 2 aliphatic carbocycles. The summed E-state index contributed by atoms with van der Waals surface area (Å²) in [6.07, 6.45) is 8.16. The van der Waals surface area contributed by atoms with Crippen LogP contribution in [0, 0.1) is 11.8 Å². The van der Waals surface area contributed by atoms with Crippen molar-refractivity contribution in [1.82, 2.24) is 9.88 Å². The fourth-order valence-corrected chi connectivity index (χ4v) is 5.32. The SMILES string of the molecule is O=C(CCN1C(=O)[C@H]2CCCC[C@H]2C1=O)Nc1nc2c(s1)CCCC2. The van der Waals surface area contributed by atoms with E-state index in [0.717, 1.165) is 50.6 Å². The van der Waals surface area contributed by atoms with Crippen LogP contribution in [0.25, 0.3) is 0 Å². The number of nitrogens with one attached hydrogen (secondary N) is 1. The van der Waals surface area contributed by atoms with Gasteiger partial charge in [-0.1, -0.05) is 12.8 Å². The van der Waals surface area contributed by atoms with Crippen LogP contribution in [0.1, 0.15) is 55.5 Å². The number of nitrogens with zero attached hydrogens (tertiary/aromatic N) is 2. The Labute approximate surface area is 151 Å². The molecule has 2 fully saturated rings. The van der Waals surface area contributed by atoms with E-state index >= 15 is 0 Å². The Morgan fingerprint density at radius 2 is 1.76 bits per heavy atom. The largest absolute Gasteiger partial charge is 0.302 e. The number of thiazole rings is 1. The molecule has 3 aliphatic rings. The Bertz CT molecular complexity index is 667. The van der Waals surface area contributed by atoms with Gasteiger partial charge in [0.1, 0.15) is 0 Å². The minimum Gasteiger partial charge on any atom is -0.302 e. The normalized spacial score (nSPS) is 25.7. The van der Waals surface area contributed by atoms with Crippen LogP contribution in [0.15, 0.2) is 0 Å². The standard InChI is InChI=1S/C18H23N3O3S/c22-15(20-18-19-13-7-3-4-8-14(13)25-18)9-10-21-16(23)11-5-1-2-6-12(11)17(21)24/h11-12H,1-10H2,(H,19,20,22)/t11-,12+. The molecule has 2 atom stereocenters. The molecule has 1 aromatic heterocycles. The first-order valence-electron chi connectivity index (χ1n) is 9.27. The number of likely N-dealkylation sites (tertiary alicyclic amines) is 1. The highest BCUT2D eigenvalue weighted by molar-refractivity contribution is 7.15. The number of hydrogen-bond donors (Lipinski definition) is 1. The van der Waals surface area contributed by atoms with Crippen molar-refractivity contribution in [3.8, 4) is 0 Å². The van der Waals surface area contributed by atoms with Crippen LogP contribution in [-0.2, 0) is 27.2 Å². The van der Waals surface area contributed by atoms with Gasteiger partial charge in [0.25, 0.3) is 0 Å². The highest BCUT2D eigenvalue weighted by atomic mass is 32.1. The minimum absolute atomic E-state index is 0.0767. The number of aromatic nitrogens is 1. The van der Waals surface area contributed by atoms with Crippen molar-refractivity contribution in [3.05, 3.63) is 10.6 Å². The first kappa shape index (κ1) is 16.7. The Morgan fingerprint density at radius 1 is 1.08 bits per heavy atom. The number of hydrogen-bond acceptors (Lipinski definition) is 5. The number of carbonyl (C=O) groups is 3. The molecule has 0 spiro atoms. The van der Waals surface area contributed by atoms with Gasteiger partial charge in [-0.2, -0.15) is 0 Å². The fourth-order valence-electron chi connectivity index (χ4n) is 4.25. The van der Waals surface area contributed by atoms with Crippen LogP contribution in [0.4, 0.5) is 5.13 Å². The van der Waals surface area contributed by atoms with Gasteiger partial charge in [-0.3, -0.25) is 19.3 Å². The lowest BCUT2D eigenvalue weighted by Gasteiger charge is -2.19. The Balaban J connectivity index is 1.33. The predicted octanol–water partition coefficient (Wildman–Crippen LogP) is 2.53. The second-order valence-corrected chi connectivity index (χ2v) is 8.30. The number of aryl methyl sites for hydroxylation is 2. The Hall–Kier alpha value is -1.76. The van der Waals surface area contributed by atoms with Crippen molar-refractivity contribution >= 4 is 34.2 Å². The lowest BCUT2D eigenvalue weighted by atomic mass is 9.81. The molecule has 25 heavy (non-hydrogen) atoms. The van der Waals surface area contributed by atoms with E-state index in [-0.39, 0.29) is 42.5 Å². The lowest BCUT2D eigenvalue weighted by molar-refractivity contribution is -0.140. The van der Waals surface area contributed by atoms with Gasteiger partial charge in [0.15, 0.2) is 5.13 Å². The third kappa shape index (κ3) is 3.21. The average molecular weight is 361 g/mol. The van der Waals surface area contributed by atoms with Gasteiger partial charge in [0.05, 0.1) is 17.5 Å². The molecule has 7 heteroatoms. The van der Waals surface area contributed by atoms with Gasteiger partial charge in [-0.05, 0) is 38.5 Å². The van der Waals surface area contributed by atoms with Crippen molar-refractivity contribution in [2.24, 2.45) is 11.8 Å². The van der Waals surface area contributed by atoms with Crippen molar-refractivity contribution in [1.29, 1.82) is 0 Å². The van der Waals surface area contributed by atoms with E-state index in [9.17, 15) is 14.4 Å². The third-order valence-electron chi connectivity index (χ3n) is 5.59. The number of fused-ring (bicyclic) bond motifs is 2. The Kier molecular flexibility index (Phi) is 4.58. The first-order chi connectivity index (χ1) is 12.1. The van der Waals surface area contributed by atoms with E-state index in [4.69, 9.17) is 0 Å². The fraction of sp³-hybridized carbons (Fsp3) is 0.667. The summed E-state index contributed by atoms with van der Waals surface area (Å²) in [6.45, 7) is 0.182. The van der Waals surface area contributed by atoms with Gasteiger partial charge in [-0.15, -0.1) is 11.3 Å². The summed E-state index contributed by atoms with van der Waals surface area (Å²) in [7, 11) is 0. The summed E-state index contributed by atoms with van der Waals surface area (Å²) < 4.78 is 0. The molecule has 1 saturated heterocycles. The minimum atomic E-state index is -0.179. The molecule has 3 amide bonds. The van der Waals surface area contributed by atoms with Gasteiger partial charge in [0.2, 0.25) is 17.7 Å². The van der Waals surface area contributed by atoms with Gasteiger partial charge in [0, 0.05) is 17.8 Å². The van der Waals surface area contributed by atoms with Crippen molar-refractivity contribution in [2.75, 3.05) is 11.9 Å². The molecule has 1 aliphatic heterocycles. The summed E-state index contributed by atoms with van der Waals surface area (Å²) in [5, 5.41) is 3.48. The zero-order valence-corrected chi connectivity index (χ0v) is 15.1. The summed E-state index contributed by atoms with van der Waals surface area (Å²) >= 11 is 1.55. The molecule has 0 radical (unpaired) electrons. The van der Waals surface area contributed by atoms with E-state index < -0.39 is 0 Å². The van der Waals surface area contributed by atoms with Crippen molar-refractivity contribution in [3.63, 3.8) is 0 Å². The van der Waals surface area contributed by atoms with E-state index in [1.807, 2.05) is 0 Å². The first-order valence-corrected chi connectivity index (χ1v) is 10.1. The van der Waals surface area contributed by atoms with E-state index in [1.54, 1.807) is 11.3 Å². The summed E-state index contributed by atoms with van der Waals surface area (Å²) in [6, 6.07) is 0. The van der Waals surface area contributed by atoms with E-state index in [0.29, 0.717) is 5.13 Å². The molecule has 134 valence electrons. The summed E-state index contributed by atoms with van der Waals surface area (Å²) in [4.78, 5) is 44.1. The molecule has 1 aromatic rings. The zero-order chi connectivity index (χ0) is 17.4. The van der Waals surface area contributed by atoms with Crippen LogP contribution >= 0.6 is 11.3 Å². The molecular formula is C18H23N3O3S. The highest BCUT2D eigenvalue weighted by Crippen LogP contribution is 2.38. The zero-order valence-electron chi connectivity index (χ0n) is 14.3. The molecular weight excluding hydrogens is 338 g/mol. The second-order valence-electron chi connectivity index (χ2n) is 7.22. The van der Waals surface area contributed by atoms with Gasteiger partial charge < -0.3 is 5.32 Å². The van der Waals surface area contributed by atoms with Crippen molar-refractivity contribution in [2.45, 2.75) is 57.8 Å². The number of anilines is 1. The monoisotopic (exact) mass is 361 g/mol. The maximum Gasteiger partial charge on any atom is 0.233 e. The number of amides is 3. The van der Waals surface area contributed by atoms with E-state index in [1.165, 1.54) is 16.2 Å². The average Bonchev–Trinajstić information content (AvgIpc) is 3.13. The molecule has 1 saturated carbocycles. The number of carbonyl (C=O) groups excluding carboxylic acids is 3. The van der Waals surface area contributed by atoms with Crippen LogP contribution in [0.2, 0.25) is 0 Å². The topological polar surface area (TPSA) is 79.4 Å². The smallest absolute Gasteiger partial charge is 0.233 e. The van der Waals surface area contributed by atoms with Crippen LogP contribution in [0.5, 0.6) is 0 Å². The number of imide groups is 1. The molecule has 2 heterocycles. The highest BCUT2D eigenvalue weighted by Gasteiger charge is 2.47. The van der Waals surface area contributed by atoms with Crippen LogP contribution in [-0.4, -0.2) is 34.2 Å². The molecule has 0 bridgehead atoms. The summed E-state index contributed by atoms with van der Waals surface area (Å²) in [5.41, 5.74) is 1.11. The lowest BCUT2D eigenvalue weighted by Crippen LogP contribution is -2.34. The van der Waals surface area contributed by atoms with E-state index in [2.05, 4.69) is 10.3 Å². The van der Waals surface area contributed by atoms with Crippen LogP contribution < -0.4 is 5.32 Å². The second kappa shape index (κ2) is 6.86. The quantitative estimate of drug-likeness (QED) is 0.836. The predicted molar refractivity (Wildman–Crippen MR) is 94.2 cm³/mol. The molecule has 0 unspecified atom stereocenters. The maximum absolute atomic E-state index is 12.4. The number of rotatable bonds is 4. The Morgan fingerprint density at radius 3 is 2.44 bits per heavy atom. The van der Waals surface area contributed by atoms with Crippen molar-refractivity contribution < 1.29 is 14.4 Å². The molecule has 4 rings (SSSR count). The molecule has 1 N–H and O–H groups in total. The molecule has 0 aromatic carbocycles. The van der Waals surface area contributed by atoms with Gasteiger partial charge in [-0.25, -0.2) is 4.98 Å². The summed E-state index contributed by atoms with van der Waals surface area (Å²) in [5.74, 6) is -0.619. The van der Waals surface area contributed by atoms with Gasteiger partial charge >= 0.3 is 0 Å². The van der Waals surface area contributed by atoms with Crippen LogP contribution in [0.3, 0.4) is 0 Å². The molecule has 6 nitrogen and oxygen atoms in total. The maximum atomic E-state index is 12.4.